The largest absolute Gasteiger partial charge is 0.469 e. The van der Waals surface area contributed by atoms with Gasteiger partial charge in [0.25, 0.3) is 5.91 Å². The highest BCUT2D eigenvalue weighted by molar-refractivity contribution is 7.99. The number of carbonyl (C=O) groups excluding carboxylic acids is 2. The molecule has 0 fully saturated rings. The van der Waals surface area contributed by atoms with Gasteiger partial charge in [-0.2, -0.15) is 9.55 Å². The van der Waals surface area contributed by atoms with Crippen LogP contribution in [0.2, 0.25) is 0 Å². The van der Waals surface area contributed by atoms with Crippen molar-refractivity contribution in [1.82, 2.24) is 24.8 Å². The highest BCUT2D eigenvalue weighted by atomic mass is 32.2. The fourth-order valence-corrected chi connectivity index (χ4v) is 7.80. The van der Waals surface area contributed by atoms with E-state index in [1.54, 1.807) is 50.6 Å². The molecule has 224 valence electrons. The van der Waals surface area contributed by atoms with Crippen molar-refractivity contribution in [2.45, 2.75) is 16.7 Å². The molecule has 0 saturated heterocycles. The average molecular weight is 628 g/mol. The minimum Gasteiger partial charge on any atom is -0.469 e. The number of methoxy groups -OCH3 is 1. The van der Waals surface area contributed by atoms with E-state index in [4.69, 9.17) is 14.4 Å². The maximum atomic E-state index is 14.9. The Bertz CT molecular complexity index is 1860. The fraction of sp³-hybridized carbons (Fsp3) is 0.156. The summed E-state index contributed by atoms with van der Waals surface area (Å²) in [4.78, 5) is 35.0. The number of pyridine rings is 2. The summed E-state index contributed by atoms with van der Waals surface area (Å²) >= 11 is 1.39. The minimum atomic E-state index is -3.93. The van der Waals surface area contributed by atoms with E-state index in [1.165, 1.54) is 29.5 Å². The Labute approximate surface area is 259 Å². The van der Waals surface area contributed by atoms with E-state index >= 15 is 0 Å². The van der Waals surface area contributed by atoms with Gasteiger partial charge in [-0.05, 0) is 66.7 Å². The molecule has 10 nitrogen and oxygen atoms in total. The van der Waals surface area contributed by atoms with Crippen LogP contribution in [0.3, 0.4) is 0 Å². The van der Waals surface area contributed by atoms with Crippen LogP contribution in [0.1, 0.15) is 28.7 Å². The number of ether oxygens (including phenoxy) is 1. The molecule has 0 saturated carbocycles. The zero-order valence-electron chi connectivity index (χ0n) is 24.3. The van der Waals surface area contributed by atoms with Gasteiger partial charge in [0, 0.05) is 34.6 Å². The summed E-state index contributed by atoms with van der Waals surface area (Å²) in [6.45, 7) is 1.63. The summed E-state index contributed by atoms with van der Waals surface area (Å²) in [5, 5.41) is 8.17. The van der Waals surface area contributed by atoms with E-state index in [9.17, 15) is 14.2 Å². The van der Waals surface area contributed by atoms with Gasteiger partial charge >= 0.3 is 13.5 Å². The Hall–Kier alpha value is -4.73. The molecule has 0 bridgehead atoms. The van der Waals surface area contributed by atoms with Crippen LogP contribution in [0, 0.1) is 5.92 Å². The lowest BCUT2D eigenvalue weighted by Crippen LogP contribution is -2.21. The highest BCUT2D eigenvalue weighted by Gasteiger charge is 2.36. The third-order valence-corrected chi connectivity index (χ3v) is 10.1. The number of nitrogens with one attached hydrogen (secondary N) is 1. The molecule has 0 aliphatic carbocycles. The molecule has 0 radical (unpaired) electrons. The van der Waals surface area contributed by atoms with Crippen LogP contribution in [0.25, 0.3) is 23.1 Å². The van der Waals surface area contributed by atoms with Gasteiger partial charge in [0.05, 0.1) is 47.9 Å². The minimum absolute atomic E-state index is 0.175. The molecule has 0 aliphatic rings. The maximum absolute atomic E-state index is 14.9. The number of hydrogen-bond acceptors (Lipinski definition) is 9. The molecule has 44 heavy (non-hydrogen) atoms. The SMILES string of the molecule is CNC(=O)c1ccccc1Sc1ccc2c(/C=C/c3ccccn3)nn(P(=O)(C[C@@H](C)C(=O)OC)Oc3cccnc3)c2c1. The molecule has 1 amide bonds. The van der Waals surface area contributed by atoms with Gasteiger partial charge in [-0.1, -0.05) is 36.9 Å². The Balaban J connectivity index is 1.66. The smallest absolute Gasteiger partial charge is 0.364 e. The first kappa shape index (κ1) is 30.7. The lowest BCUT2D eigenvalue weighted by molar-refractivity contribution is -0.144. The van der Waals surface area contributed by atoms with Crippen molar-refractivity contribution in [1.29, 1.82) is 0 Å². The van der Waals surface area contributed by atoms with E-state index in [-0.39, 0.29) is 17.8 Å². The second-order valence-corrected chi connectivity index (χ2v) is 13.1. The Kier molecular flexibility index (Phi) is 9.57. The van der Waals surface area contributed by atoms with Crippen molar-refractivity contribution >= 4 is 54.2 Å². The summed E-state index contributed by atoms with van der Waals surface area (Å²) < 4.78 is 27.4. The summed E-state index contributed by atoms with van der Waals surface area (Å²) in [6.07, 6.45) is 8.18. The zero-order valence-corrected chi connectivity index (χ0v) is 26.0. The Morgan fingerprint density at radius 3 is 2.59 bits per heavy atom. The predicted octanol–water partition coefficient (Wildman–Crippen LogP) is 6.44. The molecule has 1 unspecified atom stereocenters. The van der Waals surface area contributed by atoms with Crippen LogP contribution in [0.4, 0.5) is 0 Å². The van der Waals surface area contributed by atoms with Gasteiger partial charge in [-0.3, -0.25) is 24.1 Å². The first-order valence-corrected chi connectivity index (χ1v) is 16.3. The summed E-state index contributed by atoms with van der Waals surface area (Å²) in [6, 6.07) is 21.9. The number of aromatic nitrogens is 4. The standard InChI is InChI=1S/C32H30N5O5PS/c1-22(32(39)41-3)21-43(40,42-24-10-8-17-34-20-24)37-29-19-25(44-30-12-5-4-11-27(30)31(38)33-2)14-15-26(29)28(36-37)16-13-23-9-6-7-18-35-23/h4-20,22H,21H2,1-3H3,(H,33,38)/b16-13+/t22-,43?/m1/s1. The zero-order chi connectivity index (χ0) is 31.1. The number of benzene rings is 2. The topological polar surface area (TPSA) is 125 Å². The summed E-state index contributed by atoms with van der Waals surface area (Å²) in [7, 11) is -1.05. The van der Waals surface area contributed by atoms with Crippen LogP contribution in [-0.4, -0.2) is 51.7 Å². The van der Waals surface area contributed by atoms with Crippen molar-refractivity contribution in [3.05, 3.63) is 108 Å². The molecule has 2 aromatic carbocycles. The van der Waals surface area contributed by atoms with Crippen molar-refractivity contribution in [3.8, 4) is 5.75 Å². The normalized spacial score (nSPS) is 13.3. The van der Waals surface area contributed by atoms with Crippen LogP contribution >= 0.6 is 19.3 Å². The molecular weight excluding hydrogens is 597 g/mol. The first-order chi connectivity index (χ1) is 21.3. The van der Waals surface area contributed by atoms with Crippen LogP contribution < -0.4 is 9.84 Å². The predicted molar refractivity (Wildman–Crippen MR) is 171 cm³/mol. The van der Waals surface area contributed by atoms with Crippen LogP contribution in [-0.2, 0) is 14.1 Å². The van der Waals surface area contributed by atoms with Crippen molar-refractivity contribution in [2.75, 3.05) is 20.3 Å². The first-order valence-electron chi connectivity index (χ1n) is 13.7. The molecule has 12 heteroatoms. The Morgan fingerprint density at radius 1 is 1.05 bits per heavy atom. The van der Waals surface area contributed by atoms with Crippen molar-refractivity contribution < 1.29 is 23.4 Å². The molecule has 5 aromatic rings. The fourth-order valence-electron chi connectivity index (χ4n) is 4.51. The molecular formula is C32H30N5O5PS. The molecule has 0 spiro atoms. The molecule has 2 atom stereocenters. The van der Waals surface area contributed by atoms with Crippen LogP contribution in [0.5, 0.6) is 5.75 Å². The van der Waals surface area contributed by atoms with E-state index in [0.29, 0.717) is 22.2 Å². The van der Waals surface area contributed by atoms with Gasteiger partial charge in [-0.25, -0.2) is 0 Å². The van der Waals surface area contributed by atoms with E-state index in [1.807, 2.05) is 60.7 Å². The van der Waals surface area contributed by atoms with Crippen molar-refractivity contribution in [2.24, 2.45) is 5.92 Å². The second kappa shape index (κ2) is 13.7. The highest BCUT2D eigenvalue weighted by Crippen LogP contribution is 2.52. The van der Waals surface area contributed by atoms with Gasteiger partial charge in [0.15, 0.2) is 0 Å². The van der Waals surface area contributed by atoms with Gasteiger partial charge in [0.1, 0.15) is 5.75 Å². The quantitative estimate of drug-likeness (QED) is 0.130. The third-order valence-electron chi connectivity index (χ3n) is 6.63. The lowest BCUT2D eigenvalue weighted by atomic mass is 10.2. The third kappa shape index (κ3) is 6.90. The monoisotopic (exact) mass is 627 g/mol. The second-order valence-electron chi connectivity index (χ2n) is 9.74. The van der Waals surface area contributed by atoms with Crippen LogP contribution in [0.15, 0.2) is 101 Å². The van der Waals surface area contributed by atoms with Gasteiger partial charge < -0.3 is 14.6 Å². The molecule has 3 heterocycles. The lowest BCUT2D eigenvalue weighted by Gasteiger charge is -2.22. The molecule has 3 aromatic heterocycles. The molecule has 5 rings (SSSR count). The van der Waals surface area contributed by atoms with Gasteiger partial charge in [-0.15, -0.1) is 0 Å². The van der Waals surface area contributed by atoms with E-state index in [2.05, 4.69) is 15.3 Å². The number of fused-ring (bicyclic) bond motifs is 1. The number of esters is 1. The molecule has 0 aliphatic heterocycles. The van der Waals surface area contributed by atoms with E-state index < -0.39 is 19.4 Å². The summed E-state index contributed by atoms with van der Waals surface area (Å²) in [5.74, 6) is -1.21. The summed E-state index contributed by atoms with van der Waals surface area (Å²) in [5.41, 5.74) is 2.32. The number of rotatable bonds is 11. The number of hydrogen-bond donors (Lipinski definition) is 1. The number of amides is 1. The number of nitrogens with zero attached hydrogens (tertiary/aromatic N) is 4. The van der Waals surface area contributed by atoms with Gasteiger partial charge in [0.2, 0.25) is 0 Å². The maximum Gasteiger partial charge on any atom is 0.364 e. The number of carbonyl (C=O) groups is 2. The average Bonchev–Trinajstić information content (AvgIpc) is 3.42. The molecule has 1 N–H and O–H groups in total. The van der Waals surface area contributed by atoms with E-state index in [0.717, 1.165) is 15.5 Å². The Morgan fingerprint density at radius 2 is 1.86 bits per heavy atom. The van der Waals surface area contributed by atoms with Crippen molar-refractivity contribution in [3.63, 3.8) is 0 Å².